The summed E-state index contributed by atoms with van der Waals surface area (Å²) >= 11 is 6.06. The van der Waals surface area contributed by atoms with E-state index in [4.69, 9.17) is 25.8 Å². The minimum Gasteiger partial charge on any atom is -0.497 e. The number of benzene rings is 3. The van der Waals surface area contributed by atoms with Crippen molar-refractivity contribution in [2.24, 2.45) is 0 Å². The van der Waals surface area contributed by atoms with Crippen molar-refractivity contribution in [3.8, 4) is 17.2 Å². The third-order valence-electron chi connectivity index (χ3n) is 5.98. The number of rotatable bonds is 6. The Morgan fingerprint density at radius 1 is 1.09 bits per heavy atom. The Morgan fingerprint density at radius 3 is 2.71 bits per heavy atom. The molecule has 34 heavy (non-hydrogen) atoms. The molecule has 0 aliphatic carbocycles. The van der Waals surface area contributed by atoms with Gasteiger partial charge in [-0.3, -0.25) is 4.79 Å². The summed E-state index contributed by atoms with van der Waals surface area (Å²) in [4.78, 5) is 13.2. The molecule has 0 fully saturated rings. The number of halogens is 1. The molecule has 4 aromatic rings. The number of Topliss-reactive ketones (excluding diaryl/α,β-unsaturated/α-hetero) is 1. The summed E-state index contributed by atoms with van der Waals surface area (Å²) in [6, 6.07) is 17.1. The number of ether oxygens (including phenoxy) is 3. The zero-order chi connectivity index (χ0) is 23.8. The topological polar surface area (TPSA) is 49.7 Å². The molecule has 6 heteroatoms. The van der Waals surface area contributed by atoms with Crippen LogP contribution in [0.15, 0.2) is 66.6 Å². The third-order valence-corrected chi connectivity index (χ3v) is 6.22. The van der Waals surface area contributed by atoms with Crippen LogP contribution >= 0.6 is 11.6 Å². The van der Waals surface area contributed by atoms with Gasteiger partial charge in [0.05, 0.1) is 12.7 Å². The second kappa shape index (κ2) is 8.92. The van der Waals surface area contributed by atoms with Crippen LogP contribution in [0.1, 0.15) is 34.0 Å². The van der Waals surface area contributed by atoms with E-state index in [2.05, 4.69) is 11.5 Å². The van der Waals surface area contributed by atoms with Crippen LogP contribution in [0.3, 0.4) is 0 Å². The molecule has 1 aliphatic rings. The highest BCUT2D eigenvalue weighted by Gasteiger charge is 2.30. The van der Waals surface area contributed by atoms with Gasteiger partial charge in [-0.05, 0) is 67.4 Å². The fourth-order valence-electron chi connectivity index (χ4n) is 4.30. The molecule has 0 saturated heterocycles. The number of allylic oxidation sites excluding steroid dienone is 1. The Kier molecular flexibility index (Phi) is 5.80. The highest BCUT2D eigenvalue weighted by Crippen LogP contribution is 2.38. The molecular formula is C28H24ClNO4. The predicted molar refractivity (Wildman–Crippen MR) is 134 cm³/mol. The maximum Gasteiger partial charge on any atom is 0.232 e. The van der Waals surface area contributed by atoms with E-state index in [1.165, 1.54) is 0 Å². The van der Waals surface area contributed by atoms with Gasteiger partial charge in [-0.25, -0.2) is 0 Å². The van der Waals surface area contributed by atoms with E-state index in [1.54, 1.807) is 13.2 Å². The van der Waals surface area contributed by atoms with Gasteiger partial charge in [0.15, 0.2) is 5.76 Å². The monoisotopic (exact) mass is 473 g/mol. The van der Waals surface area contributed by atoms with Gasteiger partial charge in [0, 0.05) is 40.3 Å². The lowest BCUT2D eigenvalue weighted by atomic mass is 10.0. The number of methoxy groups -OCH3 is 1. The SMILES string of the molecule is CCn1cc(/C=C2\Oc3cc(OCc4cccc(Cl)c4)cc(C)c3C2=O)c2cc(OC)ccc21. The van der Waals surface area contributed by atoms with Crippen molar-refractivity contribution < 1.29 is 19.0 Å². The fourth-order valence-corrected chi connectivity index (χ4v) is 4.52. The molecule has 0 spiro atoms. The number of ketones is 1. The second-order valence-electron chi connectivity index (χ2n) is 8.23. The molecule has 0 N–H and O–H groups in total. The van der Waals surface area contributed by atoms with E-state index in [0.29, 0.717) is 34.5 Å². The smallest absolute Gasteiger partial charge is 0.232 e. The van der Waals surface area contributed by atoms with E-state index in [-0.39, 0.29) is 5.78 Å². The van der Waals surface area contributed by atoms with Gasteiger partial charge in [0.2, 0.25) is 5.78 Å². The first kappa shape index (κ1) is 22.1. The van der Waals surface area contributed by atoms with Gasteiger partial charge in [-0.2, -0.15) is 0 Å². The summed E-state index contributed by atoms with van der Waals surface area (Å²) in [5.74, 6) is 2.07. The molecule has 1 aliphatic heterocycles. The number of nitrogens with zero attached hydrogens (tertiary/aromatic N) is 1. The van der Waals surface area contributed by atoms with Crippen LogP contribution in [0.25, 0.3) is 17.0 Å². The molecule has 1 aromatic heterocycles. The number of aryl methyl sites for hydroxylation is 2. The lowest BCUT2D eigenvalue weighted by molar-refractivity contribution is 0.101. The number of carbonyl (C=O) groups excluding carboxylic acids is 1. The highest BCUT2D eigenvalue weighted by molar-refractivity contribution is 6.30. The minimum absolute atomic E-state index is 0.130. The van der Waals surface area contributed by atoms with Crippen molar-refractivity contribution in [1.82, 2.24) is 4.57 Å². The Labute approximate surface area is 203 Å². The number of fused-ring (bicyclic) bond motifs is 2. The highest BCUT2D eigenvalue weighted by atomic mass is 35.5. The second-order valence-corrected chi connectivity index (χ2v) is 8.66. The molecule has 5 rings (SSSR count). The van der Waals surface area contributed by atoms with Gasteiger partial charge in [-0.15, -0.1) is 0 Å². The van der Waals surface area contributed by atoms with E-state index in [9.17, 15) is 4.79 Å². The number of aromatic nitrogens is 1. The van der Waals surface area contributed by atoms with Crippen molar-refractivity contribution in [1.29, 1.82) is 0 Å². The standard InChI is InChI=1S/C28H24ClNO4/c1-4-30-15-19(23-13-21(32-3)8-9-24(23)30)12-26-28(31)27-17(2)10-22(14-25(27)34-26)33-16-18-6-5-7-20(29)11-18/h5-15H,4,16H2,1-3H3/b26-12-. The molecule has 3 aromatic carbocycles. The van der Waals surface area contributed by atoms with Gasteiger partial charge < -0.3 is 18.8 Å². The lowest BCUT2D eigenvalue weighted by Crippen LogP contribution is -2.00. The Hall–Kier alpha value is -3.70. The predicted octanol–water partition coefficient (Wildman–Crippen LogP) is 6.83. The summed E-state index contributed by atoms with van der Waals surface area (Å²) in [5, 5.41) is 1.67. The summed E-state index contributed by atoms with van der Waals surface area (Å²) in [6.45, 7) is 5.16. The third kappa shape index (κ3) is 4.03. The first-order valence-corrected chi connectivity index (χ1v) is 11.5. The van der Waals surface area contributed by atoms with Crippen LogP contribution in [0.5, 0.6) is 17.2 Å². The van der Waals surface area contributed by atoms with Crippen molar-refractivity contribution >= 4 is 34.4 Å². The average molecular weight is 474 g/mol. The van der Waals surface area contributed by atoms with E-state index < -0.39 is 0 Å². The van der Waals surface area contributed by atoms with Crippen LogP contribution in [-0.2, 0) is 13.2 Å². The Morgan fingerprint density at radius 2 is 1.94 bits per heavy atom. The minimum atomic E-state index is -0.130. The zero-order valence-corrected chi connectivity index (χ0v) is 20.0. The number of hydrogen-bond acceptors (Lipinski definition) is 4. The molecule has 0 unspecified atom stereocenters. The van der Waals surface area contributed by atoms with Crippen LogP contribution in [0.4, 0.5) is 0 Å². The Balaban J connectivity index is 1.45. The van der Waals surface area contributed by atoms with Crippen molar-refractivity contribution in [3.63, 3.8) is 0 Å². The molecular weight excluding hydrogens is 450 g/mol. The molecule has 5 nitrogen and oxygen atoms in total. The van der Waals surface area contributed by atoms with Crippen molar-refractivity contribution in [2.75, 3.05) is 7.11 Å². The van der Waals surface area contributed by atoms with Crippen LogP contribution in [0.2, 0.25) is 5.02 Å². The lowest BCUT2D eigenvalue weighted by Gasteiger charge is -2.09. The van der Waals surface area contributed by atoms with Gasteiger partial charge in [-0.1, -0.05) is 23.7 Å². The maximum absolute atomic E-state index is 13.2. The van der Waals surface area contributed by atoms with Gasteiger partial charge in [0.1, 0.15) is 23.9 Å². The van der Waals surface area contributed by atoms with Crippen LogP contribution in [-0.4, -0.2) is 17.5 Å². The van der Waals surface area contributed by atoms with Gasteiger partial charge >= 0.3 is 0 Å². The van der Waals surface area contributed by atoms with E-state index >= 15 is 0 Å². The van der Waals surface area contributed by atoms with Crippen LogP contribution < -0.4 is 14.2 Å². The number of hydrogen-bond donors (Lipinski definition) is 0. The van der Waals surface area contributed by atoms with E-state index in [0.717, 1.165) is 39.9 Å². The molecule has 0 amide bonds. The molecule has 0 bridgehead atoms. The molecule has 0 saturated carbocycles. The fraction of sp³-hybridized carbons (Fsp3) is 0.179. The zero-order valence-electron chi connectivity index (χ0n) is 19.2. The first-order valence-electron chi connectivity index (χ1n) is 11.1. The summed E-state index contributed by atoms with van der Waals surface area (Å²) in [6.07, 6.45) is 3.84. The summed E-state index contributed by atoms with van der Waals surface area (Å²) < 4.78 is 19.5. The van der Waals surface area contributed by atoms with Crippen molar-refractivity contribution in [2.45, 2.75) is 27.0 Å². The summed E-state index contributed by atoms with van der Waals surface area (Å²) in [7, 11) is 1.64. The normalized spacial score (nSPS) is 13.9. The molecule has 0 atom stereocenters. The summed E-state index contributed by atoms with van der Waals surface area (Å²) in [5.41, 5.74) is 4.32. The molecule has 0 radical (unpaired) electrons. The van der Waals surface area contributed by atoms with Gasteiger partial charge in [0.25, 0.3) is 0 Å². The van der Waals surface area contributed by atoms with E-state index in [1.807, 2.05) is 67.7 Å². The Bertz CT molecular complexity index is 1450. The first-order chi connectivity index (χ1) is 16.5. The quantitative estimate of drug-likeness (QED) is 0.288. The van der Waals surface area contributed by atoms with Crippen LogP contribution in [0, 0.1) is 6.92 Å². The number of carbonyl (C=O) groups is 1. The van der Waals surface area contributed by atoms with Crippen molar-refractivity contribution in [3.05, 3.63) is 93.8 Å². The molecule has 172 valence electrons. The maximum atomic E-state index is 13.2. The largest absolute Gasteiger partial charge is 0.497 e. The average Bonchev–Trinajstić information content (AvgIpc) is 3.34. The molecule has 2 heterocycles.